The number of halogens is 3. The summed E-state index contributed by atoms with van der Waals surface area (Å²) in [6.07, 6.45) is -0.833. The molecule has 1 unspecified atom stereocenters. The zero-order valence-corrected chi connectivity index (χ0v) is 19.3. The van der Waals surface area contributed by atoms with Crippen LogP contribution in [0.3, 0.4) is 0 Å². The summed E-state index contributed by atoms with van der Waals surface area (Å²) in [6.45, 7) is 0.931. The number of aliphatic imine (C=N–C) groups is 1. The Morgan fingerprint density at radius 1 is 1.07 bits per heavy atom. The summed E-state index contributed by atoms with van der Waals surface area (Å²) < 4.78 is 34.0. The van der Waals surface area contributed by atoms with E-state index in [4.69, 9.17) is 4.74 Å². The SMILES string of the molecule is CCNC(=NCc1ccccc1COC)NCC(O)c1ccc(OC(F)F)cc1.I. The van der Waals surface area contributed by atoms with E-state index in [9.17, 15) is 13.9 Å². The number of aliphatic hydroxyl groups is 1. The molecule has 9 heteroatoms. The van der Waals surface area contributed by atoms with Gasteiger partial charge in [-0.25, -0.2) is 4.99 Å². The number of aliphatic hydroxyl groups excluding tert-OH is 1. The Balaban J connectivity index is 0.00000450. The van der Waals surface area contributed by atoms with Crippen molar-refractivity contribution in [3.8, 4) is 5.75 Å². The van der Waals surface area contributed by atoms with Gasteiger partial charge in [-0.15, -0.1) is 24.0 Å². The number of guanidine groups is 1. The van der Waals surface area contributed by atoms with Gasteiger partial charge < -0.3 is 25.2 Å². The second-order valence-electron chi connectivity index (χ2n) is 6.24. The Kier molecular flexibility index (Phi) is 12.2. The lowest BCUT2D eigenvalue weighted by Gasteiger charge is -2.16. The van der Waals surface area contributed by atoms with Crippen molar-refractivity contribution in [3.05, 3.63) is 65.2 Å². The van der Waals surface area contributed by atoms with Crippen LogP contribution >= 0.6 is 24.0 Å². The standard InChI is InChI=1S/C21H27F2N3O3.HI/c1-3-24-21(25-12-16-6-4-5-7-17(16)14-28-2)26-13-19(27)15-8-10-18(11-9-15)29-20(22)23;/h4-11,19-20,27H,3,12-14H2,1-2H3,(H2,24,25,26);1H. The minimum Gasteiger partial charge on any atom is -0.435 e. The van der Waals surface area contributed by atoms with Crippen LogP contribution in [0, 0.1) is 0 Å². The molecule has 3 N–H and O–H groups in total. The van der Waals surface area contributed by atoms with Gasteiger partial charge in [0.2, 0.25) is 0 Å². The molecule has 0 spiro atoms. The minimum atomic E-state index is -2.87. The fourth-order valence-corrected chi connectivity index (χ4v) is 2.70. The van der Waals surface area contributed by atoms with Crippen molar-refractivity contribution in [3.63, 3.8) is 0 Å². The molecule has 6 nitrogen and oxygen atoms in total. The Labute approximate surface area is 192 Å². The van der Waals surface area contributed by atoms with Crippen molar-refractivity contribution in [2.45, 2.75) is 32.8 Å². The van der Waals surface area contributed by atoms with Gasteiger partial charge in [-0.3, -0.25) is 0 Å². The largest absolute Gasteiger partial charge is 0.435 e. The second kappa shape index (κ2) is 14.1. The fourth-order valence-electron chi connectivity index (χ4n) is 2.70. The van der Waals surface area contributed by atoms with Gasteiger partial charge in [0.1, 0.15) is 5.75 Å². The number of alkyl halides is 2. The molecule has 0 aliphatic carbocycles. The number of rotatable bonds is 10. The van der Waals surface area contributed by atoms with Crippen LogP contribution in [0.2, 0.25) is 0 Å². The first-order valence-corrected chi connectivity index (χ1v) is 9.34. The minimum absolute atomic E-state index is 0. The molecule has 2 aromatic rings. The average molecular weight is 535 g/mol. The fraction of sp³-hybridized carbons (Fsp3) is 0.381. The summed E-state index contributed by atoms with van der Waals surface area (Å²) in [5.41, 5.74) is 2.71. The van der Waals surface area contributed by atoms with E-state index >= 15 is 0 Å². The van der Waals surface area contributed by atoms with Crippen molar-refractivity contribution in [2.24, 2.45) is 4.99 Å². The number of ether oxygens (including phenoxy) is 2. The maximum absolute atomic E-state index is 12.2. The molecule has 30 heavy (non-hydrogen) atoms. The van der Waals surface area contributed by atoms with Gasteiger partial charge >= 0.3 is 6.61 Å². The van der Waals surface area contributed by atoms with Crippen molar-refractivity contribution >= 4 is 29.9 Å². The first kappa shape index (κ1) is 26.1. The van der Waals surface area contributed by atoms with Gasteiger partial charge in [0.25, 0.3) is 0 Å². The smallest absolute Gasteiger partial charge is 0.387 e. The maximum Gasteiger partial charge on any atom is 0.387 e. The average Bonchev–Trinajstić information content (AvgIpc) is 2.71. The van der Waals surface area contributed by atoms with E-state index < -0.39 is 12.7 Å². The Morgan fingerprint density at radius 2 is 1.73 bits per heavy atom. The summed E-state index contributed by atoms with van der Waals surface area (Å²) in [5.74, 6) is 0.616. The maximum atomic E-state index is 12.2. The van der Waals surface area contributed by atoms with E-state index in [1.807, 2.05) is 31.2 Å². The molecule has 0 aromatic heterocycles. The molecule has 0 amide bonds. The topological polar surface area (TPSA) is 75.1 Å². The third-order valence-corrected chi connectivity index (χ3v) is 4.12. The Bertz CT molecular complexity index is 776. The summed E-state index contributed by atoms with van der Waals surface area (Å²) in [5, 5.41) is 16.6. The predicted octanol–water partition coefficient (Wildman–Crippen LogP) is 3.84. The van der Waals surface area contributed by atoms with E-state index in [-0.39, 0.29) is 36.3 Å². The quantitative estimate of drug-likeness (QED) is 0.245. The molecule has 0 saturated heterocycles. The van der Waals surface area contributed by atoms with Crippen LogP contribution in [-0.4, -0.2) is 37.9 Å². The molecule has 0 bridgehead atoms. The third kappa shape index (κ3) is 8.80. The normalized spacial score (nSPS) is 12.3. The van der Waals surface area contributed by atoms with E-state index in [1.165, 1.54) is 12.1 Å². The van der Waals surface area contributed by atoms with Crippen LogP contribution in [-0.2, 0) is 17.9 Å². The summed E-state index contributed by atoms with van der Waals surface area (Å²) in [6, 6.07) is 13.8. The number of hydrogen-bond donors (Lipinski definition) is 3. The number of hydrogen-bond acceptors (Lipinski definition) is 4. The van der Waals surface area contributed by atoms with Gasteiger partial charge in [-0.1, -0.05) is 36.4 Å². The van der Waals surface area contributed by atoms with Crippen LogP contribution in [0.5, 0.6) is 5.75 Å². The van der Waals surface area contributed by atoms with Gasteiger partial charge in [-0.05, 0) is 35.7 Å². The van der Waals surface area contributed by atoms with E-state index in [1.54, 1.807) is 19.2 Å². The summed E-state index contributed by atoms with van der Waals surface area (Å²) in [4.78, 5) is 4.56. The molecule has 0 fully saturated rings. The molecule has 2 aromatic carbocycles. The highest BCUT2D eigenvalue weighted by Gasteiger charge is 2.10. The Morgan fingerprint density at radius 3 is 2.33 bits per heavy atom. The number of methoxy groups -OCH3 is 1. The number of nitrogens with zero attached hydrogens (tertiary/aromatic N) is 1. The third-order valence-electron chi connectivity index (χ3n) is 4.12. The molecule has 1 atom stereocenters. The van der Waals surface area contributed by atoms with E-state index in [0.29, 0.717) is 31.2 Å². The number of benzene rings is 2. The lowest BCUT2D eigenvalue weighted by Crippen LogP contribution is -2.39. The molecular formula is C21H28F2IN3O3. The second-order valence-corrected chi connectivity index (χ2v) is 6.24. The van der Waals surface area contributed by atoms with Crippen LogP contribution < -0.4 is 15.4 Å². The lowest BCUT2D eigenvalue weighted by atomic mass is 10.1. The monoisotopic (exact) mass is 535 g/mol. The zero-order valence-electron chi connectivity index (χ0n) is 17.0. The van der Waals surface area contributed by atoms with Crippen LogP contribution in [0.4, 0.5) is 8.78 Å². The first-order chi connectivity index (χ1) is 14.0. The summed E-state index contributed by atoms with van der Waals surface area (Å²) in [7, 11) is 1.65. The van der Waals surface area contributed by atoms with Crippen molar-refractivity contribution in [1.29, 1.82) is 0 Å². The molecule has 0 aliphatic heterocycles. The highest BCUT2D eigenvalue weighted by Crippen LogP contribution is 2.19. The molecule has 0 heterocycles. The van der Waals surface area contributed by atoms with Gasteiger partial charge in [0.05, 0.1) is 19.3 Å². The van der Waals surface area contributed by atoms with Gasteiger partial charge in [0, 0.05) is 20.2 Å². The molecule has 0 saturated carbocycles. The van der Waals surface area contributed by atoms with E-state index in [0.717, 1.165) is 11.1 Å². The molecule has 2 rings (SSSR count). The summed E-state index contributed by atoms with van der Waals surface area (Å²) >= 11 is 0. The van der Waals surface area contributed by atoms with Crippen molar-refractivity contribution in [1.82, 2.24) is 10.6 Å². The predicted molar refractivity (Wildman–Crippen MR) is 123 cm³/mol. The van der Waals surface area contributed by atoms with E-state index in [2.05, 4.69) is 20.4 Å². The molecule has 0 aliphatic rings. The number of nitrogens with one attached hydrogen (secondary N) is 2. The zero-order chi connectivity index (χ0) is 21.1. The highest BCUT2D eigenvalue weighted by molar-refractivity contribution is 14.0. The Hall–Kier alpha value is -1.98. The van der Waals surface area contributed by atoms with Crippen molar-refractivity contribution < 1.29 is 23.4 Å². The van der Waals surface area contributed by atoms with Crippen LogP contribution in [0.25, 0.3) is 0 Å². The highest BCUT2D eigenvalue weighted by atomic mass is 127. The van der Waals surface area contributed by atoms with Crippen LogP contribution in [0.1, 0.15) is 29.7 Å². The van der Waals surface area contributed by atoms with Gasteiger partial charge in [0.15, 0.2) is 5.96 Å². The molecule has 0 radical (unpaired) electrons. The molecule has 166 valence electrons. The van der Waals surface area contributed by atoms with Gasteiger partial charge in [-0.2, -0.15) is 8.78 Å². The molecular weight excluding hydrogens is 507 g/mol. The first-order valence-electron chi connectivity index (χ1n) is 9.34. The lowest BCUT2D eigenvalue weighted by molar-refractivity contribution is -0.0498. The van der Waals surface area contributed by atoms with Crippen molar-refractivity contribution in [2.75, 3.05) is 20.2 Å². The van der Waals surface area contributed by atoms with Crippen LogP contribution in [0.15, 0.2) is 53.5 Å².